The van der Waals surface area contributed by atoms with E-state index < -0.39 is 24.1 Å². The molecule has 2 aromatic carbocycles. The van der Waals surface area contributed by atoms with Crippen LogP contribution in [0.2, 0.25) is 0 Å². The highest BCUT2D eigenvalue weighted by molar-refractivity contribution is 5.90. The van der Waals surface area contributed by atoms with Gasteiger partial charge in [-0.2, -0.15) is 0 Å². The molecule has 4 rings (SSSR count). The Hall–Kier alpha value is -3.88. The van der Waals surface area contributed by atoms with E-state index >= 15 is 0 Å². The van der Waals surface area contributed by atoms with E-state index in [1.54, 1.807) is 4.90 Å². The van der Waals surface area contributed by atoms with Crippen molar-refractivity contribution in [3.8, 4) is 0 Å². The quantitative estimate of drug-likeness (QED) is 0.452. The molecule has 0 aromatic heterocycles. The van der Waals surface area contributed by atoms with Crippen LogP contribution in [0.25, 0.3) is 0 Å². The smallest absolute Gasteiger partial charge is 0.407 e. The number of nitrogens with one attached hydrogen (secondary N) is 3. The van der Waals surface area contributed by atoms with E-state index in [9.17, 15) is 19.2 Å². The van der Waals surface area contributed by atoms with Gasteiger partial charge in [0.15, 0.2) is 0 Å². The summed E-state index contributed by atoms with van der Waals surface area (Å²) in [7, 11) is 0. The van der Waals surface area contributed by atoms with E-state index in [0.29, 0.717) is 6.42 Å². The van der Waals surface area contributed by atoms with Crippen LogP contribution in [-0.4, -0.2) is 53.9 Å². The normalized spacial score (nSPS) is 20.9. The Balaban J connectivity index is 1.37. The van der Waals surface area contributed by atoms with Gasteiger partial charge in [0, 0.05) is 18.5 Å². The molecule has 2 aliphatic rings. The number of carbonyl (C=O) groups is 4. The second kappa shape index (κ2) is 13.2. The number of alkyl carbamates (subject to hydrolysis) is 1. The molecule has 2 aromatic rings. The molecule has 1 saturated heterocycles. The number of benzene rings is 2. The van der Waals surface area contributed by atoms with E-state index in [-0.39, 0.29) is 48.9 Å². The van der Waals surface area contributed by atoms with Crippen LogP contribution < -0.4 is 16.0 Å². The first-order valence-corrected chi connectivity index (χ1v) is 14.5. The second-order valence-electron chi connectivity index (χ2n) is 12.2. The molecule has 3 N–H and O–H groups in total. The molecular weight excluding hydrogens is 520 g/mol. The molecule has 1 heterocycles. The predicted octanol–water partition coefficient (Wildman–Crippen LogP) is 3.87. The molecule has 4 atom stereocenters. The van der Waals surface area contributed by atoms with Crippen molar-refractivity contribution in [2.75, 3.05) is 13.1 Å². The van der Waals surface area contributed by atoms with Gasteiger partial charge in [-0.05, 0) is 47.8 Å². The minimum Gasteiger partial charge on any atom is -0.445 e. The summed E-state index contributed by atoms with van der Waals surface area (Å²) >= 11 is 0. The number of rotatable bonds is 8. The number of hydrogen-bond acceptors (Lipinski definition) is 5. The lowest BCUT2D eigenvalue weighted by atomic mass is 9.81. The van der Waals surface area contributed by atoms with Crippen LogP contribution in [0.5, 0.6) is 0 Å². The third-order valence-corrected chi connectivity index (χ3v) is 8.21. The summed E-state index contributed by atoms with van der Waals surface area (Å²) in [5.41, 5.74) is 2.92. The van der Waals surface area contributed by atoms with Gasteiger partial charge in [-0.15, -0.1) is 0 Å². The minimum atomic E-state index is -0.699. The molecule has 220 valence electrons. The van der Waals surface area contributed by atoms with Crippen LogP contribution in [0.4, 0.5) is 4.79 Å². The van der Waals surface area contributed by atoms with Gasteiger partial charge in [0.25, 0.3) is 0 Å². The molecule has 1 fully saturated rings. The van der Waals surface area contributed by atoms with Crippen LogP contribution in [0, 0.1) is 11.3 Å². The standard InChI is InChI=1S/C32H42N4O5/c1-21(32(2,3)4)30(39)36-19-24(34-28(37)18-33-31(40)41-20-22-11-6-5-7-12-22)17-27(36)29(38)35-26-16-10-14-23-13-8-9-15-25(23)26/h5-9,11-13,15,21,24,26-27H,10,14,16-20H2,1-4H3,(H,33,40)(H,34,37)(H,35,38)/t21-,24+,26-,27+/m1/s1. The van der Waals surface area contributed by atoms with Gasteiger partial charge in [-0.1, -0.05) is 82.3 Å². The highest BCUT2D eigenvalue weighted by Gasteiger charge is 2.43. The maximum absolute atomic E-state index is 13.7. The number of ether oxygens (including phenoxy) is 1. The van der Waals surface area contributed by atoms with Crippen LogP contribution >= 0.6 is 0 Å². The lowest BCUT2D eigenvalue weighted by Gasteiger charge is -2.34. The van der Waals surface area contributed by atoms with E-state index in [2.05, 4.69) is 28.1 Å². The Labute approximate surface area is 242 Å². The van der Waals surface area contributed by atoms with Gasteiger partial charge in [0.2, 0.25) is 17.7 Å². The van der Waals surface area contributed by atoms with Gasteiger partial charge in [0.05, 0.1) is 6.04 Å². The first kappa shape index (κ1) is 30.1. The maximum Gasteiger partial charge on any atom is 0.407 e. The maximum atomic E-state index is 13.7. The van der Waals surface area contributed by atoms with Gasteiger partial charge in [-0.25, -0.2) is 4.79 Å². The highest BCUT2D eigenvalue weighted by Crippen LogP contribution is 2.32. The molecule has 0 spiro atoms. The predicted molar refractivity (Wildman–Crippen MR) is 156 cm³/mol. The molecule has 0 unspecified atom stereocenters. The summed E-state index contributed by atoms with van der Waals surface area (Å²) in [5.74, 6) is -1.05. The third kappa shape index (κ3) is 7.86. The number of fused-ring (bicyclic) bond motifs is 1. The second-order valence-corrected chi connectivity index (χ2v) is 12.2. The SMILES string of the molecule is C[C@H](C(=O)N1C[C@@H](NC(=O)CNC(=O)OCc2ccccc2)C[C@H]1C(=O)N[C@@H]1CCCc2ccccc21)C(C)(C)C. The molecule has 0 bridgehead atoms. The lowest BCUT2D eigenvalue weighted by Crippen LogP contribution is -2.50. The third-order valence-electron chi connectivity index (χ3n) is 8.21. The molecule has 9 nitrogen and oxygen atoms in total. The van der Waals surface area contributed by atoms with Crippen molar-refractivity contribution in [1.82, 2.24) is 20.9 Å². The van der Waals surface area contributed by atoms with Gasteiger partial charge < -0.3 is 25.6 Å². The van der Waals surface area contributed by atoms with E-state index in [4.69, 9.17) is 4.74 Å². The Bertz CT molecular complexity index is 1240. The fraction of sp³-hybridized carbons (Fsp3) is 0.500. The Kier molecular flexibility index (Phi) is 9.68. The summed E-state index contributed by atoms with van der Waals surface area (Å²) in [6.45, 7) is 7.94. The van der Waals surface area contributed by atoms with Crippen molar-refractivity contribution in [2.24, 2.45) is 11.3 Å². The topological polar surface area (TPSA) is 117 Å². The fourth-order valence-electron chi connectivity index (χ4n) is 5.43. The summed E-state index contributed by atoms with van der Waals surface area (Å²) in [4.78, 5) is 53.6. The number of aryl methyl sites for hydroxylation is 1. The number of likely N-dealkylation sites (tertiary alicyclic amines) is 1. The number of carbonyl (C=O) groups excluding carboxylic acids is 4. The molecule has 4 amide bonds. The summed E-state index contributed by atoms with van der Waals surface area (Å²) in [6, 6.07) is 16.2. The fourth-order valence-corrected chi connectivity index (χ4v) is 5.43. The highest BCUT2D eigenvalue weighted by atomic mass is 16.5. The number of nitrogens with zero attached hydrogens (tertiary/aromatic N) is 1. The average molecular weight is 563 g/mol. The zero-order valence-corrected chi connectivity index (χ0v) is 24.4. The van der Waals surface area contributed by atoms with Crippen LogP contribution in [0.1, 0.15) is 69.7 Å². The molecule has 0 radical (unpaired) electrons. The van der Waals surface area contributed by atoms with Crippen molar-refractivity contribution >= 4 is 23.8 Å². The monoisotopic (exact) mass is 562 g/mol. The summed E-state index contributed by atoms with van der Waals surface area (Å²) in [5, 5.41) is 8.56. The van der Waals surface area contributed by atoms with Crippen LogP contribution in [0.15, 0.2) is 54.6 Å². The van der Waals surface area contributed by atoms with Gasteiger partial charge >= 0.3 is 6.09 Å². The van der Waals surface area contributed by atoms with E-state index in [0.717, 1.165) is 30.4 Å². The Morgan fingerprint density at radius 2 is 1.71 bits per heavy atom. The van der Waals surface area contributed by atoms with Crippen molar-refractivity contribution in [2.45, 2.75) is 78.1 Å². The van der Waals surface area contributed by atoms with E-state index in [1.807, 2.05) is 70.2 Å². The zero-order chi connectivity index (χ0) is 29.6. The average Bonchev–Trinajstić information content (AvgIpc) is 3.38. The number of hydrogen-bond donors (Lipinski definition) is 3. The summed E-state index contributed by atoms with van der Waals surface area (Å²) in [6.07, 6.45) is 2.41. The molecule has 41 heavy (non-hydrogen) atoms. The van der Waals surface area contributed by atoms with Crippen LogP contribution in [0.3, 0.4) is 0 Å². The van der Waals surface area contributed by atoms with Crippen molar-refractivity contribution in [3.63, 3.8) is 0 Å². The zero-order valence-electron chi connectivity index (χ0n) is 24.4. The Morgan fingerprint density at radius 1 is 1.00 bits per heavy atom. The van der Waals surface area contributed by atoms with Crippen molar-refractivity contribution in [1.29, 1.82) is 0 Å². The minimum absolute atomic E-state index is 0.0994. The molecule has 1 aliphatic carbocycles. The van der Waals surface area contributed by atoms with E-state index in [1.165, 1.54) is 5.56 Å². The summed E-state index contributed by atoms with van der Waals surface area (Å²) < 4.78 is 5.16. The number of amides is 4. The van der Waals surface area contributed by atoms with Crippen molar-refractivity contribution in [3.05, 3.63) is 71.3 Å². The van der Waals surface area contributed by atoms with Crippen molar-refractivity contribution < 1.29 is 23.9 Å². The van der Waals surface area contributed by atoms with Gasteiger partial charge in [0.1, 0.15) is 19.2 Å². The Morgan fingerprint density at radius 3 is 2.44 bits per heavy atom. The molecular formula is C32H42N4O5. The molecule has 0 saturated carbocycles. The molecule has 9 heteroatoms. The van der Waals surface area contributed by atoms with Crippen LogP contribution in [-0.2, 0) is 32.1 Å². The lowest BCUT2D eigenvalue weighted by molar-refractivity contribution is -0.144. The largest absolute Gasteiger partial charge is 0.445 e. The van der Waals surface area contributed by atoms with Gasteiger partial charge in [-0.3, -0.25) is 14.4 Å². The first-order chi connectivity index (χ1) is 19.5. The molecule has 1 aliphatic heterocycles. The first-order valence-electron chi connectivity index (χ1n) is 14.5.